The topological polar surface area (TPSA) is 39.7 Å². The Morgan fingerprint density at radius 1 is 1.29 bits per heavy atom. The van der Waals surface area contributed by atoms with Gasteiger partial charge in [-0.3, -0.25) is 0 Å². The maximum absolute atomic E-state index is 5.93. The fraction of sp³-hybridized carbons (Fsp3) is 0.647. The Labute approximate surface area is 127 Å². The Bertz CT molecular complexity index is 428. The molecule has 0 saturated carbocycles. The van der Waals surface area contributed by atoms with Crippen LogP contribution in [-0.4, -0.2) is 32.5 Å². The van der Waals surface area contributed by atoms with E-state index >= 15 is 0 Å². The molecule has 2 rings (SSSR count). The fourth-order valence-corrected chi connectivity index (χ4v) is 2.29. The van der Waals surface area contributed by atoms with Crippen LogP contribution in [0.1, 0.15) is 32.8 Å². The third-order valence-corrected chi connectivity index (χ3v) is 3.52. The van der Waals surface area contributed by atoms with Crippen LogP contribution in [0.2, 0.25) is 0 Å². The van der Waals surface area contributed by atoms with E-state index in [1.54, 1.807) is 0 Å². The highest BCUT2D eigenvalue weighted by Crippen LogP contribution is 2.29. The van der Waals surface area contributed by atoms with Crippen LogP contribution in [0.5, 0.6) is 11.5 Å². The first kappa shape index (κ1) is 16.1. The second-order valence-corrected chi connectivity index (χ2v) is 5.79. The van der Waals surface area contributed by atoms with Gasteiger partial charge in [0.25, 0.3) is 0 Å². The van der Waals surface area contributed by atoms with E-state index in [4.69, 9.17) is 14.2 Å². The number of ether oxygens (including phenoxy) is 3. The van der Waals surface area contributed by atoms with Crippen LogP contribution in [0.15, 0.2) is 18.2 Å². The summed E-state index contributed by atoms with van der Waals surface area (Å²) in [6, 6.07) is 6.65. The summed E-state index contributed by atoms with van der Waals surface area (Å²) < 4.78 is 17.0. The van der Waals surface area contributed by atoms with Crippen LogP contribution in [0.3, 0.4) is 0 Å². The van der Waals surface area contributed by atoms with E-state index in [2.05, 4.69) is 31.3 Å². The Morgan fingerprint density at radius 3 is 2.81 bits per heavy atom. The van der Waals surface area contributed by atoms with E-state index in [-0.39, 0.29) is 0 Å². The van der Waals surface area contributed by atoms with E-state index in [1.807, 2.05) is 13.0 Å². The second kappa shape index (κ2) is 8.25. The third kappa shape index (κ3) is 5.21. The summed E-state index contributed by atoms with van der Waals surface area (Å²) in [4.78, 5) is 0. The average molecular weight is 293 g/mol. The van der Waals surface area contributed by atoms with Gasteiger partial charge in [0.15, 0.2) is 11.5 Å². The molecule has 21 heavy (non-hydrogen) atoms. The van der Waals surface area contributed by atoms with Crippen molar-refractivity contribution in [2.45, 2.75) is 39.8 Å². The summed E-state index contributed by atoms with van der Waals surface area (Å²) in [5, 5.41) is 3.41. The van der Waals surface area contributed by atoms with Crippen LogP contribution in [0.4, 0.5) is 0 Å². The lowest BCUT2D eigenvalue weighted by Gasteiger charge is -2.16. The van der Waals surface area contributed by atoms with Gasteiger partial charge in [-0.1, -0.05) is 19.9 Å². The van der Waals surface area contributed by atoms with Crippen molar-refractivity contribution in [2.24, 2.45) is 5.92 Å². The van der Waals surface area contributed by atoms with E-state index in [1.165, 1.54) is 5.56 Å². The molecule has 0 amide bonds. The Hall–Kier alpha value is -1.26. The SMILES string of the molecule is CCOc1cc(CNC(C)C)ccc1OCC1CCOC1. The molecule has 1 atom stereocenters. The van der Waals surface area contributed by atoms with E-state index < -0.39 is 0 Å². The average Bonchev–Trinajstić information content (AvgIpc) is 2.97. The number of hydrogen-bond donors (Lipinski definition) is 1. The molecule has 1 aliphatic rings. The van der Waals surface area contributed by atoms with E-state index in [9.17, 15) is 0 Å². The molecule has 1 aliphatic heterocycles. The summed E-state index contributed by atoms with van der Waals surface area (Å²) in [5.41, 5.74) is 1.21. The van der Waals surface area contributed by atoms with E-state index in [0.29, 0.717) is 25.2 Å². The molecule has 1 N–H and O–H groups in total. The highest BCUT2D eigenvalue weighted by Gasteiger charge is 2.17. The van der Waals surface area contributed by atoms with Gasteiger partial charge in [0.05, 0.1) is 19.8 Å². The van der Waals surface area contributed by atoms with Crippen LogP contribution in [-0.2, 0) is 11.3 Å². The maximum Gasteiger partial charge on any atom is 0.161 e. The van der Waals surface area contributed by atoms with Crippen molar-refractivity contribution in [3.8, 4) is 11.5 Å². The molecule has 1 aromatic carbocycles. The molecule has 0 spiro atoms. The molecule has 0 aromatic heterocycles. The zero-order valence-corrected chi connectivity index (χ0v) is 13.4. The predicted molar refractivity (Wildman–Crippen MR) is 84.0 cm³/mol. The normalized spacial score (nSPS) is 18.2. The zero-order chi connectivity index (χ0) is 15.1. The number of nitrogens with one attached hydrogen (secondary N) is 1. The molecular weight excluding hydrogens is 266 g/mol. The van der Waals surface area contributed by atoms with Crippen LogP contribution in [0.25, 0.3) is 0 Å². The van der Waals surface area contributed by atoms with Crippen LogP contribution in [0, 0.1) is 5.92 Å². The number of benzene rings is 1. The molecule has 1 aromatic rings. The van der Waals surface area contributed by atoms with Gasteiger partial charge < -0.3 is 19.5 Å². The summed E-state index contributed by atoms with van der Waals surface area (Å²) in [5.74, 6) is 2.17. The molecule has 0 aliphatic carbocycles. The van der Waals surface area contributed by atoms with Gasteiger partial charge in [0.2, 0.25) is 0 Å². The third-order valence-electron chi connectivity index (χ3n) is 3.52. The fourth-order valence-electron chi connectivity index (χ4n) is 2.29. The molecular formula is C17H27NO3. The molecule has 0 radical (unpaired) electrons. The van der Waals surface area contributed by atoms with Crippen LogP contribution < -0.4 is 14.8 Å². The molecule has 4 nitrogen and oxygen atoms in total. The first-order chi connectivity index (χ1) is 10.2. The quantitative estimate of drug-likeness (QED) is 0.800. The zero-order valence-electron chi connectivity index (χ0n) is 13.4. The molecule has 118 valence electrons. The van der Waals surface area contributed by atoms with Gasteiger partial charge in [0.1, 0.15) is 0 Å². The van der Waals surface area contributed by atoms with Crippen LogP contribution >= 0.6 is 0 Å². The standard InChI is InChI=1S/C17H27NO3/c1-4-20-17-9-14(10-18-13(2)3)5-6-16(17)21-12-15-7-8-19-11-15/h5-6,9,13,15,18H,4,7-8,10-12H2,1-3H3. The van der Waals surface area contributed by atoms with Crippen molar-refractivity contribution in [1.82, 2.24) is 5.32 Å². The number of rotatable bonds is 8. The molecule has 1 fully saturated rings. The first-order valence-electron chi connectivity index (χ1n) is 7.88. The van der Waals surface area contributed by atoms with Crippen molar-refractivity contribution >= 4 is 0 Å². The highest BCUT2D eigenvalue weighted by molar-refractivity contribution is 5.43. The Kier molecular flexibility index (Phi) is 6.33. The smallest absolute Gasteiger partial charge is 0.161 e. The lowest BCUT2D eigenvalue weighted by Crippen LogP contribution is -2.21. The Morgan fingerprint density at radius 2 is 2.14 bits per heavy atom. The second-order valence-electron chi connectivity index (χ2n) is 5.79. The summed E-state index contributed by atoms with van der Waals surface area (Å²) >= 11 is 0. The monoisotopic (exact) mass is 293 g/mol. The predicted octanol–water partition coefficient (Wildman–Crippen LogP) is 3.00. The Balaban J connectivity index is 1.97. The molecule has 1 heterocycles. The van der Waals surface area contributed by atoms with Crippen molar-refractivity contribution in [3.63, 3.8) is 0 Å². The first-order valence-corrected chi connectivity index (χ1v) is 7.88. The van der Waals surface area contributed by atoms with Crippen molar-refractivity contribution in [2.75, 3.05) is 26.4 Å². The lowest BCUT2D eigenvalue weighted by molar-refractivity contribution is 0.165. The maximum atomic E-state index is 5.93. The molecule has 4 heteroatoms. The van der Waals surface area contributed by atoms with Crippen molar-refractivity contribution < 1.29 is 14.2 Å². The van der Waals surface area contributed by atoms with Gasteiger partial charge in [0, 0.05) is 25.1 Å². The van der Waals surface area contributed by atoms with Gasteiger partial charge in [-0.05, 0) is 31.0 Å². The largest absolute Gasteiger partial charge is 0.490 e. The number of hydrogen-bond acceptors (Lipinski definition) is 4. The minimum atomic E-state index is 0.471. The van der Waals surface area contributed by atoms with Gasteiger partial charge >= 0.3 is 0 Å². The highest BCUT2D eigenvalue weighted by atomic mass is 16.5. The van der Waals surface area contributed by atoms with Crippen molar-refractivity contribution in [3.05, 3.63) is 23.8 Å². The van der Waals surface area contributed by atoms with Gasteiger partial charge in [-0.15, -0.1) is 0 Å². The summed E-state index contributed by atoms with van der Waals surface area (Å²) in [6.07, 6.45) is 1.08. The summed E-state index contributed by atoms with van der Waals surface area (Å²) in [7, 11) is 0. The molecule has 0 bridgehead atoms. The molecule has 1 unspecified atom stereocenters. The van der Waals surface area contributed by atoms with Crippen molar-refractivity contribution in [1.29, 1.82) is 0 Å². The summed E-state index contributed by atoms with van der Waals surface area (Å²) in [6.45, 7) is 10.1. The lowest BCUT2D eigenvalue weighted by atomic mass is 10.1. The molecule has 1 saturated heterocycles. The van der Waals surface area contributed by atoms with Gasteiger partial charge in [-0.2, -0.15) is 0 Å². The van der Waals surface area contributed by atoms with Gasteiger partial charge in [-0.25, -0.2) is 0 Å². The van der Waals surface area contributed by atoms with E-state index in [0.717, 1.165) is 37.7 Å². The minimum absolute atomic E-state index is 0.471. The minimum Gasteiger partial charge on any atom is -0.490 e.